The van der Waals surface area contributed by atoms with E-state index in [1.165, 1.54) is 0 Å². The van der Waals surface area contributed by atoms with Crippen LogP contribution < -0.4 is 9.47 Å². The number of rotatable bonds is 4. The molecule has 0 saturated heterocycles. The Hall–Kier alpha value is -2.66. The average Bonchev–Trinajstić information content (AvgIpc) is 3.25. The van der Waals surface area contributed by atoms with Crippen LogP contribution in [0.1, 0.15) is 43.2 Å². The van der Waals surface area contributed by atoms with Gasteiger partial charge in [0.1, 0.15) is 11.5 Å². The normalized spacial score (nSPS) is 18.8. The predicted molar refractivity (Wildman–Crippen MR) is 112 cm³/mol. The van der Waals surface area contributed by atoms with Crippen LogP contribution >= 0.6 is 15.9 Å². The molecular weight excluding hydrogens is 420 g/mol. The molecule has 4 rings (SSSR count). The van der Waals surface area contributed by atoms with Crippen molar-refractivity contribution in [1.29, 1.82) is 0 Å². The van der Waals surface area contributed by atoms with E-state index < -0.39 is 11.9 Å². The van der Waals surface area contributed by atoms with Crippen molar-refractivity contribution < 1.29 is 19.1 Å². The number of hydrogen-bond donors (Lipinski definition) is 0. The lowest BCUT2D eigenvalue weighted by atomic mass is 9.90. The van der Waals surface area contributed by atoms with Gasteiger partial charge >= 0.3 is 11.9 Å². The zero-order valence-electron chi connectivity index (χ0n) is 15.7. The van der Waals surface area contributed by atoms with Crippen LogP contribution in [-0.4, -0.2) is 11.9 Å². The number of allylic oxidation sites excluding steroid dienone is 2. The van der Waals surface area contributed by atoms with Gasteiger partial charge < -0.3 is 9.47 Å². The molecule has 142 valence electrons. The lowest BCUT2D eigenvalue weighted by molar-refractivity contribution is -0.131. The van der Waals surface area contributed by atoms with Crippen LogP contribution in [0.5, 0.6) is 11.5 Å². The Kier molecular flexibility index (Phi) is 4.50. The summed E-state index contributed by atoms with van der Waals surface area (Å²) >= 11 is 3.58. The maximum Gasteiger partial charge on any atom is 0.338 e. The minimum absolute atomic E-state index is 0.117. The first kappa shape index (κ1) is 18.7. The van der Waals surface area contributed by atoms with Crippen LogP contribution in [0.15, 0.2) is 59.1 Å². The predicted octanol–water partition coefficient (Wildman–Crippen LogP) is 5.71. The first-order valence-electron chi connectivity index (χ1n) is 9.01. The van der Waals surface area contributed by atoms with Crippen molar-refractivity contribution in [3.8, 4) is 11.5 Å². The quantitative estimate of drug-likeness (QED) is 0.265. The highest BCUT2D eigenvalue weighted by Crippen LogP contribution is 2.59. The van der Waals surface area contributed by atoms with Crippen LogP contribution in [0, 0.1) is 0 Å². The van der Waals surface area contributed by atoms with Gasteiger partial charge in [0.15, 0.2) is 0 Å². The minimum Gasteiger partial charge on any atom is -0.422 e. The Morgan fingerprint density at radius 2 is 1.50 bits per heavy atom. The Bertz CT molecular complexity index is 1110. The van der Waals surface area contributed by atoms with Crippen molar-refractivity contribution >= 4 is 38.6 Å². The van der Waals surface area contributed by atoms with Gasteiger partial charge in [-0.2, -0.15) is 0 Å². The van der Waals surface area contributed by atoms with E-state index in [9.17, 15) is 9.59 Å². The summed E-state index contributed by atoms with van der Waals surface area (Å²) in [5, 5.41) is 1.43. The second-order valence-corrected chi connectivity index (χ2v) is 8.18. The molecule has 0 fully saturated rings. The van der Waals surface area contributed by atoms with Crippen LogP contribution in [0.3, 0.4) is 0 Å². The molecule has 2 aliphatic rings. The monoisotopic (exact) mass is 438 g/mol. The van der Waals surface area contributed by atoms with E-state index in [4.69, 9.17) is 9.47 Å². The molecule has 2 aromatic rings. The van der Waals surface area contributed by atoms with Crippen molar-refractivity contribution in [2.24, 2.45) is 0 Å². The fourth-order valence-corrected chi connectivity index (χ4v) is 4.45. The molecule has 2 unspecified atom stereocenters. The molecule has 0 heterocycles. The minimum atomic E-state index is -0.474. The first-order chi connectivity index (χ1) is 13.3. The number of ether oxygens (including phenoxy) is 2. The fraction of sp³-hybridized carbons (Fsp3) is 0.217. The molecular formula is C23H19BrO4. The maximum absolute atomic E-state index is 12.4. The number of halogens is 1. The summed E-state index contributed by atoms with van der Waals surface area (Å²) in [6.07, 6.45) is 5.12. The highest BCUT2D eigenvalue weighted by Gasteiger charge is 2.41. The molecule has 2 bridgehead atoms. The van der Waals surface area contributed by atoms with E-state index in [-0.39, 0.29) is 11.8 Å². The lowest BCUT2D eigenvalue weighted by Crippen LogP contribution is -2.14. The molecule has 4 nitrogen and oxygen atoms in total. The molecule has 2 aromatic carbocycles. The number of fused-ring (bicyclic) bond motifs is 6. The van der Waals surface area contributed by atoms with E-state index >= 15 is 0 Å². The average molecular weight is 439 g/mol. The lowest BCUT2D eigenvalue weighted by Gasteiger charge is -2.22. The first-order valence-corrected chi connectivity index (χ1v) is 9.80. The molecule has 0 spiro atoms. The molecule has 5 heteroatoms. The number of carbonyl (C=O) groups is 2. The van der Waals surface area contributed by atoms with E-state index in [1.54, 1.807) is 13.8 Å². The summed E-state index contributed by atoms with van der Waals surface area (Å²) in [4.78, 5) is 24.7. The van der Waals surface area contributed by atoms with Crippen molar-refractivity contribution in [3.05, 3.63) is 70.3 Å². The van der Waals surface area contributed by atoms with Gasteiger partial charge in [0.05, 0.1) is 0 Å². The van der Waals surface area contributed by atoms with Crippen molar-refractivity contribution in [2.75, 3.05) is 0 Å². The Labute approximate surface area is 171 Å². The van der Waals surface area contributed by atoms with Crippen molar-refractivity contribution in [1.82, 2.24) is 0 Å². The van der Waals surface area contributed by atoms with Crippen molar-refractivity contribution in [2.45, 2.75) is 32.1 Å². The molecule has 0 radical (unpaired) electrons. The fourth-order valence-electron chi connectivity index (χ4n) is 3.91. The molecule has 2 aliphatic carbocycles. The second kappa shape index (κ2) is 6.74. The molecule has 28 heavy (non-hydrogen) atoms. The van der Waals surface area contributed by atoms with E-state index in [1.807, 2.05) is 18.2 Å². The van der Waals surface area contributed by atoms with Gasteiger partial charge in [0.25, 0.3) is 0 Å². The summed E-state index contributed by atoms with van der Waals surface area (Å²) in [6, 6.07) is 5.61. The zero-order valence-corrected chi connectivity index (χ0v) is 17.3. The highest BCUT2D eigenvalue weighted by atomic mass is 79.9. The molecule has 0 amide bonds. The Balaban J connectivity index is 2.04. The largest absolute Gasteiger partial charge is 0.422 e. The topological polar surface area (TPSA) is 52.6 Å². The molecule has 0 saturated carbocycles. The van der Waals surface area contributed by atoms with Crippen LogP contribution in [0.4, 0.5) is 0 Å². The third-order valence-corrected chi connectivity index (χ3v) is 5.84. The summed E-state index contributed by atoms with van der Waals surface area (Å²) in [5.74, 6) is 0.327. The smallest absolute Gasteiger partial charge is 0.338 e. The summed E-state index contributed by atoms with van der Waals surface area (Å²) in [6.45, 7) is 10.6. The number of benzene rings is 2. The van der Waals surface area contributed by atoms with Crippen LogP contribution in [-0.2, 0) is 9.59 Å². The maximum atomic E-state index is 12.4. The van der Waals surface area contributed by atoms with Crippen molar-refractivity contribution in [3.63, 3.8) is 0 Å². The zero-order chi connectivity index (χ0) is 20.2. The van der Waals surface area contributed by atoms with Gasteiger partial charge in [-0.25, -0.2) is 9.59 Å². The van der Waals surface area contributed by atoms with Gasteiger partial charge in [0, 0.05) is 49.4 Å². The highest BCUT2D eigenvalue weighted by molar-refractivity contribution is 9.10. The number of carbonyl (C=O) groups excluding carboxylic acids is 2. The van der Waals surface area contributed by atoms with E-state index in [0.29, 0.717) is 33.4 Å². The van der Waals surface area contributed by atoms with Crippen LogP contribution in [0.2, 0.25) is 0 Å². The Morgan fingerprint density at radius 1 is 0.964 bits per heavy atom. The van der Waals surface area contributed by atoms with E-state index in [0.717, 1.165) is 22.0 Å². The summed E-state index contributed by atoms with van der Waals surface area (Å²) in [5.41, 5.74) is 2.47. The summed E-state index contributed by atoms with van der Waals surface area (Å²) < 4.78 is 12.4. The summed E-state index contributed by atoms with van der Waals surface area (Å²) in [7, 11) is 0. The molecule has 0 aromatic heterocycles. The van der Waals surface area contributed by atoms with Gasteiger partial charge in [-0.1, -0.05) is 53.4 Å². The number of esters is 2. The Morgan fingerprint density at radius 3 is 2.07 bits per heavy atom. The standard InChI is InChI=1S/C23H19BrO4/c1-11(2)22(25)27-20-15-6-5-7-16(24)19(15)21(28-23(26)12(3)4)18-14-9-8-13(10-14)17(18)20/h5-9,13-14H,1,3,10H2,2,4H3. The van der Waals surface area contributed by atoms with Gasteiger partial charge in [-0.05, 0) is 26.3 Å². The second-order valence-electron chi connectivity index (χ2n) is 7.32. The third-order valence-electron chi connectivity index (χ3n) is 5.18. The third kappa shape index (κ3) is 2.81. The SMILES string of the molecule is C=C(C)C(=O)Oc1c2c(c(OC(=O)C(=C)C)c3c(Br)cccc13)C1C=CC2C1. The molecule has 0 aliphatic heterocycles. The van der Waals surface area contributed by atoms with Gasteiger partial charge in [-0.15, -0.1) is 0 Å². The molecule has 0 N–H and O–H groups in total. The van der Waals surface area contributed by atoms with Gasteiger partial charge in [0.2, 0.25) is 0 Å². The van der Waals surface area contributed by atoms with E-state index in [2.05, 4.69) is 41.2 Å². The van der Waals surface area contributed by atoms with Crippen LogP contribution in [0.25, 0.3) is 10.8 Å². The van der Waals surface area contributed by atoms with Gasteiger partial charge in [-0.3, -0.25) is 0 Å². The molecule has 2 atom stereocenters. The number of hydrogen-bond acceptors (Lipinski definition) is 4.